The number of aryl methyl sites for hydroxylation is 2. The van der Waals surface area contributed by atoms with E-state index in [1.807, 2.05) is 0 Å². The van der Waals surface area contributed by atoms with E-state index in [9.17, 15) is 5.11 Å². The molecular weight excluding hydrogens is 344 g/mol. The van der Waals surface area contributed by atoms with Crippen LogP contribution in [0, 0.1) is 19.8 Å². The van der Waals surface area contributed by atoms with E-state index in [1.165, 1.54) is 85.8 Å². The molecule has 3 nitrogen and oxygen atoms in total. The second kappa shape index (κ2) is 6.88. The molecule has 2 fully saturated rings. The summed E-state index contributed by atoms with van der Waals surface area (Å²) >= 11 is 0. The molecule has 0 amide bonds. The van der Waals surface area contributed by atoms with Crippen LogP contribution in [0.15, 0.2) is 12.1 Å². The maximum atomic E-state index is 11.6. The fourth-order valence-corrected chi connectivity index (χ4v) is 6.62. The fraction of sp³-hybridized carbons (Fsp3) is 0.680. The van der Waals surface area contributed by atoms with Crippen molar-refractivity contribution in [3.63, 3.8) is 0 Å². The fourth-order valence-electron chi connectivity index (χ4n) is 6.62. The summed E-state index contributed by atoms with van der Waals surface area (Å²) in [5.74, 6) is 0.437. The van der Waals surface area contributed by atoms with Crippen molar-refractivity contribution < 1.29 is 5.11 Å². The molecule has 1 aromatic carbocycles. The van der Waals surface area contributed by atoms with Crippen LogP contribution in [0.25, 0.3) is 10.9 Å². The standard InChI is InChI=1S/C25H36N2O/c1-17-14-18(2)24-20(15-17)23-21-10-7-12-26(21)13-11-22(23)27(24)16-25(3,28)19-8-5-4-6-9-19/h14-15,19,21,28H,4-13,16H2,1-3H3. The van der Waals surface area contributed by atoms with Gasteiger partial charge in [-0.2, -0.15) is 0 Å². The predicted molar refractivity (Wildman–Crippen MR) is 116 cm³/mol. The summed E-state index contributed by atoms with van der Waals surface area (Å²) < 4.78 is 2.55. The minimum Gasteiger partial charge on any atom is -0.388 e. The molecule has 1 aliphatic carbocycles. The monoisotopic (exact) mass is 380 g/mol. The molecule has 1 aromatic heterocycles. The maximum Gasteiger partial charge on any atom is 0.0825 e. The zero-order valence-electron chi connectivity index (χ0n) is 17.9. The molecule has 3 aliphatic rings. The van der Waals surface area contributed by atoms with Gasteiger partial charge in [-0.15, -0.1) is 0 Å². The van der Waals surface area contributed by atoms with Crippen molar-refractivity contribution in [1.82, 2.24) is 9.47 Å². The SMILES string of the molecule is Cc1cc(C)c2c(c1)c1c(n2CC(C)(O)C2CCCCC2)CCN2CCCC12. The van der Waals surface area contributed by atoms with Crippen LogP contribution in [-0.2, 0) is 13.0 Å². The molecule has 1 saturated carbocycles. The number of fused-ring (bicyclic) bond motifs is 5. The van der Waals surface area contributed by atoms with E-state index in [1.54, 1.807) is 5.56 Å². The van der Waals surface area contributed by atoms with E-state index >= 15 is 0 Å². The van der Waals surface area contributed by atoms with Gasteiger partial charge in [-0.3, -0.25) is 4.90 Å². The van der Waals surface area contributed by atoms with Crippen LogP contribution in [0.4, 0.5) is 0 Å². The lowest BCUT2D eigenvalue weighted by Gasteiger charge is -2.37. The summed E-state index contributed by atoms with van der Waals surface area (Å²) in [5, 5.41) is 13.0. The Morgan fingerprint density at radius 1 is 1.04 bits per heavy atom. The van der Waals surface area contributed by atoms with Crippen molar-refractivity contribution in [2.45, 2.75) is 90.3 Å². The first-order valence-corrected chi connectivity index (χ1v) is 11.5. The van der Waals surface area contributed by atoms with E-state index in [-0.39, 0.29) is 0 Å². The van der Waals surface area contributed by atoms with Gasteiger partial charge in [0, 0.05) is 30.1 Å². The molecule has 28 heavy (non-hydrogen) atoms. The summed E-state index contributed by atoms with van der Waals surface area (Å²) in [5.41, 5.74) is 6.60. The third-order valence-electron chi connectivity index (χ3n) is 7.94. The molecule has 3 heteroatoms. The van der Waals surface area contributed by atoms with Gasteiger partial charge in [0.05, 0.1) is 17.7 Å². The quantitative estimate of drug-likeness (QED) is 0.784. The molecule has 5 rings (SSSR count). The van der Waals surface area contributed by atoms with Gasteiger partial charge in [-0.1, -0.05) is 30.9 Å². The molecule has 0 bridgehead atoms. The lowest BCUT2D eigenvalue weighted by molar-refractivity contribution is -0.0303. The van der Waals surface area contributed by atoms with Gasteiger partial charge in [0.15, 0.2) is 0 Å². The van der Waals surface area contributed by atoms with Gasteiger partial charge < -0.3 is 9.67 Å². The van der Waals surface area contributed by atoms with E-state index in [2.05, 4.69) is 42.4 Å². The summed E-state index contributed by atoms with van der Waals surface area (Å²) in [4.78, 5) is 2.70. The number of aliphatic hydroxyl groups is 1. The van der Waals surface area contributed by atoms with E-state index in [0.717, 1.165) is 13.0 Å². The summed E-state index contributed by atoms with van der Waals surface area (Å²) in [6.45, 7) is 9.77. The molecule has 3 heterocycles. The Hall–Kier alpha value is -1.32. The molecule has 2 atom stereocenters. The van der Waals surface area contributed by atoms with Crippen LogP contribution >= 0.6 is 0 Å². The number of aromatic nitrogens is 1. The molecule has 0 radical (unpaired) electrons. The Bertz CT molecular complexity index is 888. The molecule has 152 valence electrons. The molecule has 0 spiro atoms. The highest BCUT2D eigenvalue weighted by Gasteiger charge is 2.39. The Labute approximate surface area is 169 Å². The third-order valence-corrected chi connectivity index (χ3v) is 7.94. The van der Waals surface area contributed by atoms with Gasteiger partial charge in [-0.05, 0) is 76.1 Å². The van der Waals surface area contributed by atoms with Crippen molar-refractivity contribution in [2.24, 2.45) is 5.92 Å². The first-order chi connectivity index (χ1) is 13.5. The molecule has 1 N–H and O–H groups in total. The van der Waals surface area contributed by atoms with E-state index < -0.39 is 5.60 Å². The zero-order valence-corrected chi connectivity index (χ0v) is 17.9. The first kappa shape index (κ1) is 18.7. The second-order valence-corrected chi connectivity index (χ2v) is 10.1. The Balaban J connectivity index is 1.64. The minimum atomic E-state index is -0.621. The van der Waals surface area contributed by atoms with Gasteiger partial charge in [0.2, 0.25) is 0 Å². The van der Waals surface area contributed by atoms with Crippen LogP contribution in [-0.4, -0.2) is 33.3 Å². The van der Waals surface area contributed by atoms with Crippen molar-refractivity contribution in [3.8, 4) is 0 Å². The number of benzene rings is 1. The van der Waals surface area contributed by atoms with Crippen molar-refractivity contribution in [3.05, 3.63) is 34.5 Å². The number of hydrogen-bond acceptors (Lipinski definition) is 2. The van der Waals surface area contributed by atoms with Crippen molar-refractivity contribution >= 4 is 10.9 Å². The average molecular weight is 381 g/mol. The number of nitrogens with zero attached hydrogens (tertiary/aromatic N) is 2. The summed E-state index contributed by atoms with van der Waals surface area (Å²) in [7, 11) is 0. The van der Waals surface area contributed by atoms with Crippen LogP contribution in [0.1, 0.15) is 80.3 Å². The highest BCUT2D eigenvalue weighted by molar-refractivity contribution is 5.89. The van der Waals surface area contributed by atoms with Crippen LogP contribution in [0.5, 0.6) is 0 Å². The van der Waals surface area contributed by atoms with Gasteiger partial charge in [0.25, 0.3) is 0 Å². The van der Waals surface area contributed by atoms with Crippen molar-refractivity contribution in [1.29, 1.82) is 0 Å². The average Bonchev–Trinajstić information content (AvgIpc) is 3.25. The predicted octanol–water partition coefficient (Wildman–Crippen LogP) is 5.28. The number of rotatable bonds is 3. The lowest BCUT2D eigenvalue weighted by Crippen LogP contribution is -2.41. The molecular formula is C25H36N2O. The Morgan fingerprint density at radius 2 is 1.82 bits per heavy atom. The minimum absolute atomic E-state index is 0.437. The van der Waals surface area contributed by atoms with Gasteiger partial charge in [0.1, 0.15) is 0 Å². The van der Waals surface area contributed by atoms with E-state index in [0.29, 0.717) is 12.0 Å². The van der Waals surface area contributed by atoms with Gasteiger partial charge >= 0.3 is 0 Å². The molecule has 2 aliphatic heterocycles. The topological polar surface area (TPSA) is 28.4 Å². The number of hydrogen-bond donors (Lipinski definition) is 1. The Kier molecular flexibility index (Phi) is 4.59. The lowest BCUT2D eigenvalue weighted by atomic mass is 9.77. The molecule has 2 aromatic rings. The largest absolute Gasteiger partial charge is 0.388 e. The normalized spacial score (nSPS) is 25.6. The summed E-state index contributed by atoms with van der Waals surface area (Å²) in [6.07, 6.45) is 10.00. The van der Waals surface area contributed by atoms with Crippen LogP contribution in [0.3, 0.4) is 0 Å². The van der Waals surface area contributed by atoms with Crippen LogP contribution < -0.4 is 0 Å². The second-order valence-electron chi connectivity index (χ2n) is 10.1. The van der Waals surface area contributed by atoms with Gasteiger partial charge in [-0.25, -0.2) is 0 Å². The highest BCUT2D eigenvalue weighted by atomic mass is 16.3. The van der Waals surface area contributed by atoms with E-state index in [4.69, 9.17) is 0 Å². The maximum absolute atomic E-state index is 11.6. The summed E-state index contributed by atoms with van der Waals surface area (Å²) in [6, 6.07) is 5.33. The van der Waals surface area contributed by atoms with Crippen LogP contribution in [0.2, 0.25) is 0 Å². The molecule has 2 unspecified atom stereocenters. The smallest absolute Gasteiger partial charge is 0.0825 e. The first-order valence-electron chi connectivity index (χ1n) is 11.5. The highest BCUT2D eigenvalue weighted by Crippen LogP contribution is 2.45. The third kappa shape index (κ3) is 2.93. The van der Waals surface area contributed by atoms with Crippen molar-refractivity contribution in [2.75, 3.05) is 13.1 Å². The Morgan fingerprint density at radius 3 is 2.61 bits per heavy atom. The zero-order chi connectivity index (χ0) is 19.5. The molecule has 1 saturated heterocycles.